The van der Waals surface area contributed by atoms with Crippen LogP contribution >= 0.6 is 11.8 Å². The van der Waals surface area contributed by atoms with Crippen LogP contribution in [0.1, 0.15) is 24.5 Å². The molecule has 2 aromatic carbocycles. The summed E-state index contributed by atoms with van der Waals surface area (Å²) in [5.74, 6) is 1.24. The minimum Gasteiger partial charge on any atom is -0.323 e. The van der Waals surface area contributed by atoms with Gasteiger partial charge in [-0.15, -0.1) is 0 Å². The zero-order valence-electron chi connectivity index (χ0n) is 16.1. The smallest absolute Gasteiger partial charge is 0.271 e. The van der Waals surface area contributed by atoms with Gasteiger partial charge in [-0.25, -0.2) is 14.4 Å². The van der Waals surface area contributed by atoms with Gasteiger partial charge in [-0.2, -0.15) is 5.10 Å². The summed E-state index contributed by atoms with van der Waals surface area (Å²) in [7, 11) is 0. The third-order valence-corrected chi connectivity index (χ3v) is 6.13. The predicted octanol–water partition coefficient (Wildman–Crippen LogP) is 4.43. The van der Waals surface area contributed by atoms with Crippen LogP contribution in [0.25, 0.3) is 21.8 Å². The molecular weight excluding hydrogens is 417 g/mol. The Morgan fingerprint density at radius 3 is 2.84 bits per heavy atom. The fourth-order valence-corrected chi connectivity index (χ4v) is 4.35. The first-order valence-electron chi connectivity index (χ1n) is 9.81. The number of hydrogen-bond acceptors (Lipinski definition) is 6. The predicted molar refractivity (Wildman–Crippen MR) is 116 cm³/mol. The van der Waals surface area contributed by atoms with Gasteiger partial charge in [0.25, 0.3) is 5.56 Å². The van der Waals surface area contributed by atoms with Gasteiger partial charge in [0.1, 0.15) is 17.2 Å². The number of aromatic nitrogens is 6. The number of halogens is 1. The molecule has 6 rings (SSSR count). The van der Waals surface area contributed by atoms with Gasteiger partial charge in [-0.1, -0.05) is 6.07 Å². The molecule has 0 atom stereocenters. The van der Waals surface area contributed by atoms with Crippen molar-refractivity contribution >= 4 is 45.2 Å². The number of fused-ring (bicyclic) bond motifs is 2. The van der Waals surface area contributed by atoms with Gasteiger partial charge in [-0.3, -0.25) is 20.1 Å². The molecule has 0 unspecified atom stereocenters. The van der Waals surface area contributed by atoms with Gasteiger partial charge in [0.05, 0.1) is 10.9 Å². The molecule has 8 nitrogen and oxygen atoms in total. The maximum absolute atomic E-state index is 14.6. The van der Waals surface area contributed by atoms with E-state index in [-0.39, 0.29) is 11.1 Å². The average Bonchev–Trinajstić information content (AvgIpc) is 3.41. The molecule has 0 aliphatic heterocycles. The SMILES string of the molecule is O=c1[nH][nH]c2cc(Sc3nc(Nc4cc(C5CC5)[nH]n4)c4cccc(F)c4n3)ccc12. The molecule has 1 saturated carbocycles. The lowest BCUT2D eigenvalue weighted by Crippen LogP contribution is -2.00. The summed E-state index contributed by atoms with van der Waals surface area (Å²) < 4.78 is 14.6. The number of aromatic amines is 3. The Bertz CT molecular complexity index is 1500. The molecule has 1 aliphatic rings. The molecule has 1 aliphatic carbocycles. The van der Waals surface area contributed by atoms with Crippen LogP contribution < -0.4 is 10.9 Å². The van der Waals surface area contributed by atoms with E-state index < -0.39 is 5.82 Å². The molecule has 5 aromatic rings. The van der Waals surface area contributed by atoms with E-state index in [4.69, 9.17) is 0 Å². The van der Waals surface area contributed by atoms with Crippen LogP contribution in [0.4, 0.5) is 16.0 Å². The maximum atomic E-state index is 14.6. The highest BCUT2D eigenvalue weighted by Gasteiger charge is 2.25. The van der Waals surface area contributed by atoms with Crippen molar-refractivity contribution in [3.05, 3.63) is 64.3 Å². The number of para-hydroxylation sites is 1. The zero-order chi connectivity index (χ0) is 20.9. The lowest BCUT2D eigenvalue weighted by Gasteiger charge is -2.09. The lowest BCUT2D eigenvalue weighted by atomic mass is 10.2. The van der Waals surface area contributed by atoms with Crippen molar-refractivity contribution in [2.45, 2.75) is 28.8 Å². The van der Waals surface area contributed by atoms with Crippen molar-refractivity contribution in [2.24, 2.45) is 0 Å². The van der Waals surface area contributed by atoms with Gasteiger partial charge in [0, 0.05) is 28.0 Å². The third kappa shape index (κ3) is 3.34. The van der Waals surface area contributed by atoms with E-state index in [9.17, 15) is 9.18 Å². The monoisotopic (exact) mass is 433 g/mol. The van der Waals surface area contributed by atoms with Crippen LogP contribution in [0.5, 0.6) is 0 Å². The Hall–Kier alpha value is -3.66. The van der Waals surface area contributed by atoms with Crippen molar-refractivity contribution in [2.75, 3.05) is 5.32 Å². The Kier molecular flexibility index (Phi) is 4.06. The van der Waals surface area contributed by atoms with Gasteiger partial charge in [0.2, 0.25) is 0 Å². The van der Waals surface area contributed by atoms with Crippen molar-refractivity contribution in [3.8, 4) is 0 Å². The van der Waals surface area contributed by atoms with Gasteiger partial charge in [-0.05, 0) is 54.9 Å². The molecule has 10 heteroatoms. The summed E-state index contributed by atoms with van der Waals surface area (Å²) in [6.07, 6.45) is 2.33. The molecule has 3 heterocycles. The second kappa shape index (κ2) is 6.95. The number of nitrogens with zero attached hydrogens (tertiary/aromatic N) is 3. The first-order chi connectivity index (χ1) is 15.1. The quantitative estimate of drug-likeness (QED) is 0.305. The van der Waals surface area contributed by atoms with Gasteiger partial charge in [0.15, 0.2) is 11.0 Å². The summed E-state index contributed by atoms with van der Waals surface area (Å²) in [6, 6.07) is 12.1. The molecule has 154 valence electrons. The molecule has 0 amide bonds. The van der Waals surface area contributed by atoms with Crippen molar-refractivity contribution < 1.29 is 4.39 Å². The standard InChI is InChI=1S/C21H16FN7OS/c22-14-3-1-2-13-18(14)24-21(31-11-6-7-12-16(8-11)27-29-20(12)30)25-19(13)23-17-9-15(26-28-17)10-4-5-10/h1-3,6-10H,4-5H2,(H2,27,29,30)(H2,23,24,25,26,28). The molecule has 4 N–H and O–H groups in total. The highest BCUT2D eigenvalue weighted by atomic mass is 32.2. The van der Waals surface area contributed by atoms with E-state index in [2.05, 4.69) is 35.7 Å². The van der Waals surface area contributed by atoms with E-state index >= 15 is 0 Å². The fourth-order valence-electron chi connectivity index (χ4n) is 3.55. The largest absolute Gasteiger partial charge is 0.323 e. The summed E-state index contributed by atoms with van der Waals surface area (Å²) in [5, 5.41) is 17.5. The second-order valence-electron chi connectivity index (χ2n) is 7.49. The number of benzene rings is 2. The highest BCUT2D eigenvalue weighted by molar-refractivity contribution is 7.99. The van der Waals surface area contributed by atoms with Gasteiger partial charge >= 0.3 is 0 Å². The Labute approximate surface area is 178 Å². The second-order valence-corrected chi connectivity index (χ2v) is 8.53. The van der Waals surface area contributed by atoms with E-state index in [1.165, 1.54) is 30.7 Å². The highest BCUT2D eigenvalue weighted by Crippen LogP contribution is 2.40. The van der Waals surface area contributed by atoms with Crippen LogP contribution in [0.2, 0.25) is 0 Å². The van der Waals surface area contributed by atoms with E-state index in [0.717, 1.165) is 10.6 Å². The zero-order valence-corrected chi connectivity index (χ0v) is 16.9. The van der Waals surface area contributed by atoms with Crippen LogP contribution in [-0.4, -0.2) is 30.4 Å². The number of nitrogens with one attached hydrogen (secondary N) is 4. The first kappa shape index (κ1) is 18.1. The lowest BCUT2D eigenvalue weighted by molar-refractivity contribution is 0.635. The summed E-state index contributed by atoms with van der Waals surface area (Å²) in [6.45, 7) is 0. The normalized spacial score (nSPS) is 13.8. The van der Waals surface area contributed by atoms with E-state index in [0.29, 0.717) is 39.0 Å². The summed E-state index contributed by atoms with van der Waals surface area (Å²) >= 11 is 1.29. The summed E-state index contributed by atoms with van der Waals surface area (Å²) in [5.41, 5.74) is 1.84. The number of anilines is 2. The molecule has 0 radical (unpaired) electrons. The topological polar surface area (TPSA) is 115 Å². The molecule has 31 heavy (non-hydrogen) atoms. The average molecular weight is 433 g/mol. The fraction of sp³-hybridized carbons (Fsp3) is 0.143. The third-order valence-electron chi connectivity index (χ3n) is 5.27. The van der Waals surface area contributed by atoms with Crippen LogP contribution in [0.3, 0.4) is 0 Å². The minimum absolute atomic E-state index is 0.174. The van der Waals surface area contributed by atoms with E-state index in [1.807, 2.05) is 18.2 Å². The molecule has 0 bridgehead atoms. The Morgan fingerprint density at radius 1 is 1.06 bits per heavy atom. The molecule has 0 saturated heterocycles. The molecule has 1 fully saturated rings. The molecule has 0 spiro atoms. The van der Waals surface area contributed by atoms with E-state index in [1.54, 1.807) is 18.2 Å². The number of hydrogen-bond donors (Lipinski definition) is 4. The van der Waals surface area contributed by atoms with Crippen molar-refractivity contribution in [3.63, 3.8) is 0 Å². The van der Waals surface area contributed by atoms with Crippen molar-refractivity contribution in [1.82, 2.24) is 30.4 Å². The summed E-state index contributed by atoms with van der Waals surface area (Å²) in [4.78, 5) is 21.6. The number of H-pyrrole nitrogens is 3. The minimum atomic E-state index is -0.420. The Morgan fingerprint density at radius 2 is 1.97 bits per heavy atom. The molecular formula is C21H16FN7OS. The first-order valence-corrected chi connectivity index (χ1v) is 10.6. The van der Waals surface area contributed by atoms with Crippen LogP contribution in [0, 0.1) is 5.82 Å². The van der Waals surface area contributed by atoms with Crippen LogP contribution in [-0.2, 0) is 0 Å². The maximum Gasteiger partial charge on any atom is 0.271 e. The molecule has 3 aromatic heterocycles. The van der Waals surface area contributed by atoms with Crippen molar-refractivity contribution in [1.29, 1.82) is 0 Å². The van der Waals surface area contributed by atoms with Gasteiger partial charge < -0.3 is 5.32 Å². The Balaban J connectivity index is 1.40. The van der Waals surface area contributed by atoms with Crippen LogP contribution in [0.15, 0.2) is 57.3 Å². The number of rotatable bonds is 5.